The minimum atomic E-state index is -4.17. The molecule has 9 nitrogen and oxygen atoms in total. The fourth-order valence-electron chi connectivity index (χ4n) is 2.78. The number of nitrogens with two attached hydrogens (primary N) is 1. The van der Waals surface area contributed by atoms with Crippen molar-refractivity contribution in [3.05, 3.63) is 28.3 Å². The van der Waals surface area contributed by atoms with Crippen LogP contribution in [0.3, 0.4) is 0 Å². The molecule has 0 aromatic heterocycles. The molecule has 2 atom stereocenters. The molecule has 10 heteroatoms. The van der Waals surface area contributed by atoms with Gasteiger partial charge in [-0.3, -0.25) is 10.1 Å². The first kappa shape index (κ1) is 17.6. The highest BCUT2D eigenvalue weighted by molar-refractivity contribution is 7.89. The van der Waals surface area contributed by atoms with Crippen LogP contribution in [0.25, 0.3) is 0 Å². The van der Waals surface area contributed by atoms with Crippen molar-refractivity contribution >= 4 is 21.4 Å². The van der Waals surface area contributed by atoms with Gasteiger partial charge in [0.15, 0.2) is 4.90 Å². The van der Waals surface area contributed by atoms with E-state index in [9.17, 15) is 18.5 Å². The molecule has 0 spiro atoms. The van der Waals surface area contributed by atoms with Crippen LogP contribution in [0.4, 0.5) is 11.4 Å². The van der Waals surface area contributed by atoms with Gasteiger partial charge in [-0.05, 0) is 18.6 Å². The van der Waals surface area contributed by atoms with Crippen LogP contribution in [0.1, 0.15) is 6.42 Å². The van der Waals surface area contributed by atoms with Gasteiger partial charge >= 0.3 is 0 Å². The molecule has 0 unspecified atom stereocenters. The number of rotatable bonds is 6. The van der Waals surface area contributed by atoms with Gasteiger partial charge < -0.3 is 14.4 Å². The standard InChI is InChI=1S/C13H19N3O6S/c1-21-8-10-5-11(22-2)7-15(10)9-3-4-13(23(14,19)20)12(6-9)16(17)18/h3-4,6,10-11H,5,7-8H2,1-2H3,(H2,14,19,20)/t10-,11-/m0/s1. The van der Waals surface area contributed by atoms with E-state index in [0.29, 0.717) is 18.8 Å². The van der Waals surface area contributed by atoms with Crippen LogP contribution < -0.4 is 10.0 Å². The molecule has 23 heavy (non-hydrogen) atoms. The molecule has 0 radical (unpaired) electrons. The summed E-state index contributed by atoms with van der Waals surface area (Å²) in [6.45, 7) is 0.973. The summed E-state index contributed by atoms with van der Waals surface area (Å²) in [6, 6.07) is 3.88. The number of nitro benzene ring substituents is 1. The number of hydrogen-bond donors (Lipinski definition) is 1. The van der Waals surface area contributed by atoms with E-state index in [1.165, 1.54) is 12.1 Å². The zero-order valence-electron chi connectivity index (χ0n) is 12.8. The van der Waals surface area contributed by atoms with E-state index in [4.69, 9.17) is 14.6 Å². The largest absolute Gasteiger partial charge is 0.383 e. The topological polar surface area (TPSA) is 125 Å². The fraction of sp³-hybridized carbons (Fsp3) is 0.538. The van der Waals surface area contributed by atoms with Gasteiger partial charge in [0.25, 0.3) is 5.69 Å². The number of primary sulfonamides is 1. The fourth-order valence-corrected chi connectivity index (χ4v) is 3.46. The third-order valence-electron chi connectivity index (χ3n) is 3.85. The molecule has 128 valence electrons. The maximum Gasteiger partial charge on any atom is 0.291 e. The van der Waals surface area contributed by atoms with Crippen molar-refractivity contribution in [3.63, 3.8) is 0 Å². The first-order valence-corrected chi connectivity index (χ1v) is 8.42. The predicted octanol–water partition coefficient (Wildman–Crippen LogP) is 0.482. The van der Waals surface area contributed by atoms with Gasteiger partial charge in [-0.15, -0.1) is 0 Å². The predicted molar refractivity (Wildman–Crippen MR) is 82.9 cm³/mol. The minimum absolute atomic E-state index is 0.00936. The van der Waals surface area contributed by atoms with Crippen molar-refractivity contribution < 1.29 is 22.8 Å². The number of methoxy groups -OCH3 is 2. The molecule has 1 saturated heterocycles. The lowest BCUT2D eigenvalue weighted by atomic mass is 10.2. The summed E-state index contributed by atoms with van der Waals surface area (Å²) >= 11 is 0. The van der Waals surface area contributed by atoms with E-state index in [-0.39, 0.29) is 12.1 Å². The van der Waals surface area contributed by atoms with Crippen molar-refractivity contribution in [3.8, 4) is 0 Å². The summed E-state index contributed by atoms with van der Waals surface area (Å²) in [5, 5.41) is 16.2. The van der Waals surface area contributed by atoms with Crippen LogP contribution in [-0.4, -0.2) is 52.9 Å². The zero-order chi connectivity index (χ0) is 17.2. The van der Waals surface area contributed by atoms with E-state index in [1.54, 1.807) is 14.2 Å². The molecular formula is C13H19N3O6S. The maximum absolute atomic E-state index is 11.5. The maximum atomic E-state index is 11.5. The van der Waals surface area contributed by atoms with Crippen LogP contribution in [0.5, 0.6) is 0 Å². The molecular weight excluding hydrogens is 326 g/mol. The van der Waals surface area contributed by atoms with Crippen molar-refractivity contribution in [2.75, 3.05) is 32.3 Å². The van der Waals surface area contributed by atoms with Crippen LogP contribution in [0.2, 0.25) is 0 Å². The summed E-state index contributed by atoms with van der Waals surface area (Å²) in [5.74, 6) is 0. The SMILES string of the molecule is COC[C@@H]1C[C@H](OC)CN1c1ccc(S(N)(=O)=O)c([N+](=O)[O-])c1. The van der Waals surface area contributed by atoms with Gasteiger partial charge in [0.1, 0.15) is 0 Å². The molecule has 2 N–H and O–H groups in total. The number of nitro groups is 1. The Balaban J connectivity index is 2.43. The van der Waals surface area contributed by atoms with E-state index in [2.05, 4.69) is 0 Å². The molecule has 0 aliphatic carbocycles. The quantitative estimate of drug-likeness (QED) is 0.587. The second kappa shape index (κ2) is 6.79. The number of benzene rings is 1. The Morgan fingerprint density at radius 1 is 1.43 bits per heavy atom. The molecule has 1 aromatic rings. The molecule has 1 aromatic carbocycles. The summed E-state index contributed by atoms with van der Waals surface area (Å²) in [4.78, 5) is 11.8. The van der Waals surface area contributed by atoms with Gasteiger partial charge in [0.2, 0.25) is 10.0 Å². The Labute approximate surface area is 134 Å². The molecule has 0 amide bonds. The first-order valence-electron chi connectivity index (χ1n) is 6.87. The summed E-state index contributed by atoms with van der Waals surface area (Å²) < 4.78 is 33.5. The van der Waals surface area contributed by atoms with Gasteiger partial charge in [0.05, 0.1) is 23.7 Å². The Morgan fingerprint density at radius 2 is 2.13 bits per heavy atom. The van der Waals surface area contributed by atoms with E-state index < -0.39 is 25.5 Å². The molecule has 0 saturated carbocycles. The van der Waals surface area contributed by atoms with Crippen LogP contribution in [0, 0.1) is 10.1 Å². The van der Waals surface area contributed by atoms with Crippen molar-refractivity contribution in [2.24, 2.45) is 5.14 Å². The lowest BCUT2D eigenvalue weighted by molar-refractivity contribution is -0.387. The average Bonchev–Trinajstić information content (AvgIpc) is 2.89. The molecule has 1 aliphatic heterocycles. The molecule has 0 bridgehead atoms. The Morgan fingerprint density at radius 3 is 2.65 bits per heavy atom. The lowest BCUT2D eigenvalue weighted by Crippen LogP contribution is -2.33. The second-order valence-corrected chi connectivity index (χ2v) is 6.84. The number of sulfonamides is 1. The Bertz CT molecular complexity index is 693. The highest BCUT2D eigenvalue weighted by atomic mass is 32.2. The van der Waals surface area contributed by atoms with Gasteiger partial charge in [-0.2, -0.15) is 0 Å². The van der Waals surface area contributed by atoms with Gasteiger partial charge in [0, 0.05) is 32.5 Å². The van der Waals surface area contributed by atoms with Crippen LogP contribution in [-0.2, 0) is 19.5 Å². The van der Waals surface area contributed by atoms with Gasteiger partial charge in [-0.1, -0.05) is 0 Å². The molecule has 2 rings (SSSR count). The Kier molecular flexibility index (Phi) is 5.19. The Hall–Kier alpha value is -1.75. The number of nitrogens with zero attached hydrogens (tertiary/aromatic N) is 2. The van der Waals surface area contributed by atoms with Gasteiger partial charge in [-0.25, -0.2) is 13.6 Å². The van der Waals surface area contributed by atoms with Crippen LogP contribution in [0.15, 0.2) is 23.1 Å². The van der Waals surface area contributed by atoms with E-state index >= 15 is 0 Å². The van der Waals surface area contributed by atoms with Crippen LogP contribution >= 0.6 is 0 Å². The van der Waals surface area contributed by atoms with Crippen molar-refractivity contribution in [1.82, 2.24) is 0 Å². The molecule has 1 aliphatic rings. The van der Waals surface area contributed by atoms with E-state index in [1.807, 2.05) is 4.90 Å². The number of anilines is 1. The molecule has 1 fully saturated rings. The number of hydrogen-bond acceptors (Lipinski definition) is 7. The highest BCUT2D eigenvalue weighted by Gasteiger charge is 2.34. The minimum Gasteiger partial charge on any atom is -0.383 e. The monoisotopic (exact) mass is 345 g/mol. The van der Waals surface area contributed by atoms with Crippen molar-refractivity contribution in [2.45, 2.75) is 23.5 Å². The average molecular weight is 345 g/mol. The third-order valence-corrected chi connectivity index (χ3v) is 4.80. The number of ether oxygens (including phenoxy) is 2. The van der Waals surface area contributed by atoms with E-state index in [0.717, 1.165) is 12.5 Å². The molecule has 1 heterocycles. The zero-order valence-corrected chi connectivity index (χ0v) is 13.7. The smallest absolute Gasteiger partial charge is 0.291 e. The highest BCUT2D eigenvalue weighted by Crippen LogP contribution is 2.33. The first-order chi connectivity index (χ1) is 10.8. The summed E-state index contributed by atoms with van der Waals surface area (Å²) in [7, 11) is -0.992. The summed E-state index contributed by atoms with van der Waals surface area (Å²) in [5.41, 5.74) is -0.00673. The lowest BCUT2D eigenvalue weighted by Gasteiger charge is -2.26. The second-order valence-electron chi connectivity index (χ2n) is 5.31. The summed E-state index contributed by atoms with van der Waals surface area (Å²) in [6.07, 6.45) is 0.696. The third kappa shape index (κ3) is 3.78. The normalized spacial score (nSPS) is 21.6. The van der Waals surface area contributed by atoms with Crippen molar-refractivity contribution in [1.29, 1.82) is 0 Å².